The highest BCUT2D eigenvalue weighted by Crippen LogP contribution is 2.18. The number of imidazole rings is 1. The molecule has 1 aliphatic heterocycles. The Labute approximate surface area is 162 Å². The van der Waals surface area contributed by atoms with Crippen molar-refractivity contribution in [2.24, 2.45) is 5.92 Å². The summed E-state index contributed by atoms with van der Waals surface area (Å²) in [6.07, 6.45) is 3.15. The number of para-hydroxylation sites is 1. The molecule has 0 radical (unpaired) electrons. The molecule has 27 heavy (non-hydrogen) atoms. The lowest BCUT2D eigenvalue weighted by Crippen LogP contribution is -2.46. The summed E-state index contributed by atoms with van der Waals surface area (Å²) in [5, 5.41) is 3.11. The highest BCUT2D eigenvalue weighted by atomic mass is 16.2. The summed E-state index contributed by atoms with van der Waals surface area (Å²) in [7, 11) is 1.85. The number of fused-ring (bicyclic) bond motifs is 1. The Morgan fingerprint density at radius 1 is 1.44 bits per heavy atom. The predicted molar refractivity (Wildman–Crippen MR) is 110 cm³/mol. The Morgan fingerprint density at radius 3 is 3.00 bits per heavy atom. The minimum Gasteiger partial charge on any atom is -0.342 e. The van der Waals surface area contributed by atoms with Crippen LogP contribution in [0.5, 0.6) is 0 Å². The minimum atomic E-state index is 0.00367. The van der Waals surface area contributed by atoms with E-state index < -0.39 is 0 Å². The third kappa shape index (κ3) is 5.01. The van der Waals surface area contributed by atoms with Crippen LogP contribution in [0.1, 0.15) is 38.1 Å². The van der Waals surface area contributed by atoms with E-state index in [-0.39, 0.29) is 6.03 Å². The van der Waals surface area contributed by atoms with Crippen LogP contribution < -0.4 is 5.32 Å². The van der Waals surface area contributed by atoms with Gasteiger partial charge in [-0.25, -0.2) is 9.78 Å². The van der Waals surface area contributed by atoms with Crippen LogP contribution >= 0.6 is 0 Å². The lowest BCUT2D eigenvalue weighted by molar-refractivity contribution is 0.137. The summed E-state index contributed by atoms with van der Waals surface area (Å²) in [6.45, 7) is 10.2. The first-order valence-corrected chi connectivity index (χ1v) is 10.1. The first-order valence-electron chi connectivity index (χ1n) is 10.1. The van der Waals surface area contributed by atoms with Crippen LogP contribution in [0.3, 0.4) is 0 Å². The highest BCUT2D eigenvalue weighted by molar-refractivity contribution is 5.78. The van der Waals surface area contributed by atoms with Gasteiger partial charge in [-0.3, -0.25) is 0 Å². The number of benzene rings is 1. The van der Waals surface area contributed by atoms with Crippen LogP contribution in [0.4, 0.5) is 4.79 Å². The molecule has 6 nitrogen and oxygen atoms in total. The summed E-state index contributed by atoms with van der Waals surface area (Å²) in [5.41, 5.74) is 3.25. The zero-order valence-electron chi connectivity index (χ0n) is 17.1. The van der Waals surface area contributed by atoms with Gasteiger partial charge in [-0.15, -0.1) is 0 Å². The van der Waals surface area contributed by atoms with Crippen LogP contribution in [0.15, 0.2) is 18.2 Å². The number of nitrogens with zero attached hydrogens (tertiary/aromatic N) is 3. The Morgan fingerprint density at radius 2 is 2.26 bits per heavy atom. The number of likely N-dealkylation sites (N-methyl/N-ethyl adjacent to an activating group) is 1. The molecule has 2 N–H and O–H groups in total. The van der Waals surface area contributed by atoms with Crippen LogP contribution in [-0.2, 0) is 6.42 Å². The maximum Gasteiger partial charge on any atom is 0.317 e. The lowest BCUT2D eigenvalue weighted by atomic mass is 9.97. The Balaban J connectivity index is 1.45. The number of rotatable bonds is 6. The van der Waals surface area contributed by atoms with Gasteiger partial charge in [0.25, 0.3) is 0 Å². The maximum absolute atomic E-state index is 12.4. The van der Waals surface area contributed by atoms with E-state index in [1.165, 1.54) is 24.9 Å². The van der Waals surface area contributed by atoms with Crippen LogP contribution in [0.25, 0.3) is 11.0 Å². The fourth-order valence-corrected chi connectivity index (χ4v) is 3.82. The number of hydrogen-bond acceptors (Lipinski definition) is 3. The number of hydrogen-bond donors (Lipinski definition) is 2. The molecule has 0 aliphatic carbocycles. The van der Waals surface area contributed by atoms with Gasteiger partial charge in [0.1, 0.15) is 5.82 Å². The average Bonchev–Trinajstić information content (AvgIpc) is 3.09. The maximum atomic E-state index is 12.4. The number of carbonyl (C=O) groups is 1. The number of aromatic amines is 1. The van der Waals surface area contributed by atoms with Crippen LogP contribution in [-0.4, -0.2) is 65.1 Å². The molecule has 1 atom stereocenters. The summed E-state index contributed by atoms with van der Waals surface area (Å²) < 4.78 is 0. The van der Waals surface area contributed by atoms with E-state index >= 15 is 0 Å². The van der Waals surface area contributed by atoms with Gasteiger partial charge in [-0.05, 0) is 57.7 Å². The Kier molecular flexibility index (Phi) is 6.37. The molecule has 0 spiro atoms. The topological polar surface area (TPSA) is 64.3 Å². The molecule has 2 aromatic rings. The molecule has 2 amide bonds. The molecular weight excluding hydrogens is 338 g/mol. The fraction of sp³-hybridized carbons (Fsp3) is 0.619. The number of amides is 2. The highest BCUT2D eigenvalue weighted by Gasteiger charge is 2.22. The van der Waals surface area contributed by atoms with Gasteiger partial charge in [-0.1, -0.05) is 12.1 Å². The van der Waals surface area contributed by atoms with E-state index in [0.29, 0.717) is 18.5 Å². The number of aryl methyl sites for hydroxylation is 1. The van der Waals surface area contributed by atoms with E-state index in [0.717, 1.165) is 36.4 Å². The van der Waals surface area contributed by atoms with Crippen molar-refractivity contribution in [3.8, 4) is 0 Å². The van der Waals surface area contributed by atoms with Crippen molar-refractivity contribution in [2.75, 3.05) is 33.2 Å². The molecular formula is C21H33N5O. The normalized spacial score (nSPS) is 18.2. The largest absolute Gasteiger partial charge is 0.342 e. The smallest absolute Gasteiger partial charge is 0.317 e. The second-order valence-electron chi connectivity index (χ2n) is 8.11. The molecule has 2 heterocycles. The zero-order chi connectivity index (χ0) is 19.4. The number of H-pyrrole nitrogens is 1. The first kappa shape index (κ1) is 19.7. The number of urea groups is 1. The quantitative estimate of drug-likeness (QED) is 0.820. The number of piperidine rings is 1. The second-order valence-corrected chi connectivity index (χ2v) is 8.11. The molecule has 3 rings (SSSR count). The van der Waals surface area contributed by atoms with Crippen LogP contribution in [0.2, 0.25) is 0 Å². The number of aromatic nitrogens is 2. The van der Waals surface area contributed by atoms with Crippen molar-refractivity contribution in [2.45, 2.75) is 46.1 Å². The van der Waals surface area contributed by atoms with E-state index in [1.54, 1.807) is 4.90 Å². The number of nitrogens with one attached hydrogen (secondary N) is 2. The summed E-state index contributed by atoms with van der Waals surface area (Å²) in [6, 6.07) is 6.73. The van der Waals surface area contributed by atoms with Crippen molar-refractivity contribution in [3.63, 3.8) is 0 Å². The SMILES string of the molecule is Cc1cccc2[nH]c(CCN(C)C(=O)NCC3CCCN(C(C)C)C3)nc12. The molecule has 6 heteroatoms. The third-order valence-corrected chi connectivity index (χ3v) is 5.62. The van der Waals surface area contributed by atoms with Gasteiger partial charge >= 0.3 is 6.03 Å². The molecule has 1 aromatic heterocycles. The van der Waals surface area contributed by atoms with E-state index in [9.17, 15) is 4.79 Å². The average molecular weight is 372 g/mol. The van der Waals surface area contributed by atoms with Crippen molar-refractivity contribution in [1.82, 2.24) is 25.1 Å². The fourth-order valence-electron chi connectivity index (χ4n) is 3.82. The van der Waals surface area contributed by atoms with Gasteiger partial charge in [0.15, 0.2) is 0 Å². The minimum absolute atomic E-state index is 0.00367. The molecule has 0 bridgehead atoms. The van der Waals surface area contributed by atoms with Crippen molar-refractivity contribution in [1.29, 1.82) is 0 Å². The zero-order valence-corrected chi connectivity index (χ0v) is 17.1. The van der Waals surface area contributed by atoms with Gasteiger partial charge in [0.05, 0.1) is 11.0 Å². The molecule has 1 unspecified atom stereocenters. The summed E-state index contributed by atoms with van der Waals surface area (Å²) >= 11 is 0. The van der Waals surface area contributed by atoms with E-state index in [2.05, 4.69) is 47.0 Å². The molecule has 1 aromatic carbocycles. The second kappa shape index (κ2) is 8.74. The summed E-state index contributed by atoms with van der Waals surface area (Å²) in [4.78, 5) is 24.7. The van der Waals surface area contributed by atoms with Crippen molar-refractivity contribution >= 4 is 17.1 Å². The van der Waals surface area contributed by atoms with Gasteiger partial charge in [0, 0.05) is 39.1 Å². The van der Waals surface area contributed by atoms with Gasteiger partial charge < -0.3 is 20.1 Å². The Bertz CT molecular complexity index is 769. The van der Waals surface area contributed by atoms with Crippen molar-refractivity contribution < 1.29 is 4.79 Å². The molecule has 1 fully saturated rings. The van der Waals surface area contributed by atoms with Gasteiger partial charge in [-0.2, -0.15) is 0 Å². The van der Waals surface area contributed by atoms with Gasteiger partial charge in [0.2, 0.25) is 0 Å². The molecule has 0 saturated carbocycles. The van der Waals surface area contributed by atoms with Crippen molar-refractivity contribution in [3.05, 3.63) is 29.6 Å². The number of likely N-dealkylation sites (tertiary alicyclic amines) is 1. The molecule has 148 valence electrons. The monoisotopic (exact) mass is 371 g/mol. The first-order chi connectivity index (χ1) is 12.9. The standard InChI is InChI=1S/C21H33N5O/c1-15(2)26-11-6-8-17(14-26)13-22-21(27)25(4)12-10-19-23-18-9-5-7-16(3)20(18)24-19/h5,7,9,15,17H,6,8,10-14H2,1-4H3,(H,22,27)(H,23,24). The van der Waals surface area contributed by atoms with Crippen LogP contribution in [0, 0.1) is 12.8 Å². The lowest BCUT2D eigenvalue weighted by Gasteiger charge is -2.35. The molecule has 1 saturated heterocycles. The summed E-state index contributed by atoms with van der Waals surface area (Å²) in [5.74, 6) is 1.48. The molecule has 1 aliphatic rings. The number of carbonyl (C=O) groups excluding carboxylic acids is 1. The van der Waals surface area contributed by atoms with E-state index in [4.69, 9.17) is 0 Å². The predicted octanol–water partition coefficient (Wildman–Crippen LogP) is 3.18. The third-order valence-electron chi connectivity index (χ3n) is 5.62. The van der Waals surface area contributed by atoms with E-state index in [1.807, 2.05) is 19.2 Å². The Hall–Kier alpha value is -2.08.